The predicted octanol–water partition coefficient (Wildman–Crippen LogP) is 2.11. The molecule has 26 heavy (non-hydrogen) atoms. The van der Waals surface area contributed by atoms with Crippen LogP contribution < -0.4 is 17.0 Å². The van der Waals surface area contributed by atoms with Crippen molar-refractivity contribution in [3.63, 3.8) is 0 Å². The Labute approximate surface area is 151 Å². The van der Waals surface area contributed by atoms with Gasteiger partial charge in [0.15, 0.2) is 0 Å². The molecule has 0 atom stereocenters. The van der Waals surface area contributed by atoms with Crippen LogP contribution in [0.2, 0.25) is 0 Å². The predicted molar refractivity (Wildman–Crippen MR) is 106 cm³/mol. The van der Waals surface area contributed by atoms with Crippen molar-refractivity contribution in [3.8, 4) is 0 Å². The summed E-state index contributed by atoms with van der Waals surface area (Å²) in [6.45, 7) is 2.26. The molecule has 1 heterocycles. The van der Waals surface area contributed by atoms with Gasteiger partial charge in [-0.25, -0.2) is 5.10 Å². The van der Waals surface area contributed by atoms with E-state index < -0.39 is 0 Å². The highest BCUT2D eigenvalue weighted by Gasteiger charge is 2.14. The third-order valence-electron chi connectivity index (χ3n) is 4.31. The lowest BCUT2D eigenvalue weighted by molar-refractivity contribution is 0.900. The minimum Gasteiger partial charge on any atom is -0.404 e. The van der Waals surface area contributed by atoms with Crippen molar-refractivity contribution in [2.24, 2.45) is 16.5 Å². The number of hydrogen-bond acceptors (Lipinski definition) is 5. The van der Waals surface area contributed by atoms with Crippen LogP contribution in [0.15, 0.2) is 58.5 Å². The number of rotatable bonds is 4. The van der Waals surface area contributed by atoms with Gasteiger partial charge in [0.25, 0.3) is 5.56 Å². The van der Waals surface area contributed by atoms with Crippen LogP contribution in [0.1, 0.15) is 22.4 Å². The quantitative estimate of drug-likeness (QED) is 0.628. The number of nitrogens with two attached hydrogens (primary N) is 2. The zero-order valence-electron chi connectivity index (χ0n) is 14.8. The number of nitrogens with zero attached hydrogens (tertiary/aromatic N) is 2. The smallest absolute Gasteiger partial charge is 0.272 e. The lowest BCUT2D eigenvalue weighted by Gasteiger charge is -2.13. The van der Waals surface area contributed by atoms with E-state index in [4.69, 9.17) is 11.5 Å². The van der Waals surface area contributed by atoms with Crippen LogP contribution in [-0.2, 0) is 6.54 Å². The Bertz CT molecular complexity index is 1080. The number of aliphatic imine (C=N–C) groups is 1. The summed E-state index contributed by atoms with van der Waals surface area (Å²) in [6.07, 6.45) is 1.54. The Morgan fingerprint density at radius 1 is 1.19 bits per heavy atom. The first-order valence-corrected chi connectivity index (χ1v) is 8.27. The third kappa shape index (κ3) is 3.14. The van der Waals surface area contributed by atoms with Crippen LogP contribution in [0.3, 0.4) is 0 Å². The highest BCUT2D eigenvalue weighted by Crippen LogP contribution is 2.24. The van der Waals surface area contributed by atoms with E-state index in [2.05, 4.69) is 21.3 Å². The molecule has 0 radical (unpaired) electrons. The molecule has 0 bridgehead atoms. The topological polar surface area (TPSA) is 110 Å². The molecular weight excluding hydrogens is 326 g/mol. The first-order chi connectivity index (χ1) is 12.6. The van der Waals surface area contributed by atoms with Gasteiger partial charge in [-0.05, 0) is 30.7 Å². The molecule has 5 N–H and O–H groups in total. The second-order valence-corrected chi connectivity index (χ2v) is 5.99. The standard InChI is InChI=1S/C20H21N5O/c1-12-4-3-5-14(8-12)19(23-2)17(10-21)13-6-7-15-16(9-13)18(11-22)24-25-20(15)26/h3-10H,11,21-22H2,1-2H3,(H,25,26)/b17-10-,23-19?. The molecule has 0 aliphatic heterocycles. The third-order valence-corrected chi connectivity index (χ3v) is 4.31. The van der Waals surface area contributed by atoms with E-state index in [1.165, 1.54) is 6.20 Å². The van der Waals surface area contributed by atoms with Gasteiger partial charge in [0.2, 0.25) is 0 Å². The van der Waals surface area contributed by atoms with E-state index in [9.17, 15) is 4.79 Å². The molecule has 0 spiro atoms. The fourth-order valence-electron chi connectivity index (χ4n) is 3.05. The van der Waals surface area contributed by atoms with Crippen molar-refractivity contribution in [3.05, 3.63) is 81.4 Å². The maximum absolute atomic E-state index is 12.0. The summed E-state index contributed by atoms with van der Waals surface area (Å²) in [5, 5.41) is 7.78. The summed E-state index contributed by atoms with van der Waals surface area (Å²) in [4.78, 5) is 16.5. The fourth-order valence-corrected chi connectivity index (χ4v) is 3.05. The summed E-state index contributed by atoms with van der Waals surface area (Å²) in [6, 6.07) is 13.6. The first-order valence-electron chi connectivity index (χ1n) is 8.27. The number of benzene rings is 2. The van der Waals surface area contributed by atoms with Crippen molar-refractivity contribution in [1.82, 2.24) is 10.2 Å². The van der Waals surface area contributed by atoms with Crippen LogP contribution in [0.5, 0.6) is 0 Å². The maximum atomic E-state index is 12.0. The average molecular weight is 347 g/mol. The molecule has 3 aromatic rings. The van der Waals surface area contributed by atoms with E-state index >= 15 is 0 Å². The number of aryl methyl sites for hydroxylation is 1. The van der Waals surface area contributed by atoms with Crippen molar-refractivity contribution in [2.45, 2.75) is 13.5 Å². The van der Waals surface area contributed by atoms with Crippen LogP contribution in [-0.4, -0.2) is 23.0 Å². The SMILES string of the molecule is CN=C(/C(=C\N)c1ccc2c(=O)[nH]nc(CN)c2c1)c1cccc(C)c1. The normalized spacial score (nSPS) is 12.6. The van der Waals surface area contributed by atoms with Gasteiger partial charge in [0.05, 0.1) is 16.8 Å². The van der Waals surface area contributed by atoms with Crippen molar-refractivity contribution >= 4 is 22.1 Å². The zero-order chi connectivity index (χ0) is 18.7. The lowest BCUT2D eigenvalue weighted by Crippen LogP contribution is -2.14. The lowest BCUT2D eigenvalue weighted by atomic mass is 9.94. The van der Waals surface area contributed by atoms with Crippen molar-refractivity contribution in [2.75, 3.05) is 7.05 Å². The molecule has 0 saturated heterocycles. The summed E-state index contributed by atoms with van der Waals surface area (Å²) in [7, 11) is 1.74. The highest BCUT2D eigenvalue weighted by molar-refractivity contribution is 6.32. The van der Waals surface area contributed by atoms with Gasteiger partial charge < -0.3 is 11.5 Å². The van der Waals surface area contributed by atoms with Gasteiger partial charge in [0.1, 0.15) is 0 Å². The molecule has 0 saturated carbocycles. The number of fused-ring (bicyclic) bond motifs is 1. The summed E-state index contributed by atoms with van der Waals surface area (Å²) in [5.41, 5.74) is 16.6. The second kappa shape index (κ2) is 7.33. The monoisotopic (exact) mass is 347 g/mol. The molecule has 0 unspecified atom stereocenters. The molecule has 0 amide bonds. The van der Waals surface area contributed by atoms with Gasteiger partial charge in [-0.15, -0.1) is 0 Å². The Kier molecular flexibility index (Phi) is 4.95. The molecular formula is C20H21N5O. The Morgan fingerprint density at radius 2 is 2.00 bits per heavy atom. The minimum atomic E-state index is -0.245. The van der Waals surface area contributed by atoms with Crippen molar-refractivity contribution in [1.29, 1.82) is 0 Å². The molecule has 0 aliphatic carbocycles. The number of allylic oxidation sites excluding steroid dienone is 1. The van der Waals surface area contributed by atoms with E-state index in [-0.39, 0.29) is 12.1 Å². The summed E-state index contributed by atoms with van der Waals surface area (Å²) < 4.78 is 0. The number of aromatic nitrogens is 2. The zero-order valence-corrected chi connectivity index (χ0v) is 14.8. The van der Waals surface area contributed by atoms with Gasteiger partial charge in [-0.1, -0.05) is 29.8 Å². The molecule has 0 fully saturated rings. The Morgan fingerprint density at radius 3 is 2.65 bits per heavy atom. The molecule has 1 aromatic heterocycles. The number of H-pyrrole nitrogens is 1. The van der Waals surface area contributed by atoms with Crippen LogP contribution in [0.25, 0.3) is 16.3 Å². The first kappa shape index (κ1) is 17.6. The summed E-state index contributed by atoms with van der Waals surface area (Å²) in [5.74, 6) is 0. The molecule has 6 nitrogen and oxygen atoms in total. The Hall–Kier alpha value is -3.25. The molecule has 2 aromatic carbocycles. The largest absolute Gasteiger partial charge is 0.404 e. The van der Waals surface area contributed by atoms with Crippen LogP contribution >= 0.6 is 0 Å². The van der Waals surface area contributed by atoms with E-state index in [0.717, 1.165) is 28.0 Å². The number of hydrogen-bond donors (Lipinski definition) is 3. The molecule has 0 aliphatic rings. The molecule has 3 rings (SSSR count). The maximum Gasteiger partial charge on any atom is 0.272 e. The molecule has 6 heteroatoms. The van der Waals surface area contributed by atoms with Gasteiger partial charge >= 0.3 is 0 Å². The van der Waals surface area contributed by atoms with Crippen LogP contribution in [0, 0.1) is 6.92 Å². The van der Waals surface area contributed by atoms with E-state index in [1.807, 2.05) is 37.3 Å². The van der Waals surface area contributed by atoms with E-state index in [0.29, 0.717) is 16.5 Å². The van der Waals surface area contributed by atoms with Crippen LogP contribution in [0.4, 0.5) is 0 Å². The van der Waals surface area contributed by atoms with Gasteiger partial charge in [-0.3, -0.25) is 9.79 Å². The minimum absolute atomic E-state index is 0.227. The van der Waals surface area contributed by atoms with Crippen molar-refractivity contribution < 1.29 is 0 Å². The summed E-state index contributed by atoms with van der Waals surface area (Å²) >= 11 is 0. The average Bonchev–Trinajstić information content (AvgIpc) is 2.66. The number of aromatic amines is 1. The second-order valence-electron chi connectivity index (χ2n) is 5.99. The van der Waals surface area contributed by atoms with Gasteiger partial charge in [-0.2, -0.15) is 5.10 Å². The van der Waals surface area contributed by atoms with E-state index in [1.54, 1.807) is 13.1 Å². The fraction of sp³-hybridized carbons (Fsp3) is 0.150. The Balaban J connectivity index is 2.18. The molecule has 132 valence electrons. The number of nitrogens with one attached hydrogen (secondary N) is 1. The van der Waals surface area contributed by atoms with Gasteiger partial charge in [0, 0.05) is 36.3 Å². The highest BCUT2D eigenvalue weighted by atomic mass is 16.1.